The van der Waals surface area contributed by atoms with Gasteiger partial charge in [-0.25, -0.2) is 0 Å². The number of guanidine groups is 1. The highest BCUT2D eigenvalue weighted by molar-refractivity contribution is 14.0. The second kappa shape index (κ2) is 9.12. The Kier molecular flexibility index (Phi) is 7.85. The summed E-state index contributed by atoms with van der Waals surface area (Å²) >= 11 is 0. The lowest BCUT2D eigenvalue weighted by atomic mass is 10.00. The highest BCUT2D eigenvalue weighted by Crippen LogP contribution is 2.16. The van der Waals surface area contributed by atoms with Crippen LogP contribution in [0, 0.1) is 5.92 Å². The van der Waals surface area contributed by atoms with Crippen LogP contribution < -0.4 is 10.1 Å². The maximum absolute atomic E-state index is 5.25. The average molecular weight is 403 g/mol. The Balaban J connectivity index is 0.00000220. The number of ether oxygens (including phenoxy) is 1. The van der Waals surface area contributed by atoms with Crippen molar-refractivity contribution in [2.75, 3.05) is 27.2 Å². The summed E-state index contributed by atoms with van der Waals surface area (Å²) < 4.78 is 5.25. The molecule has 0 radical (unpaired) electrons. The normalized spacial score (nSPS) is 16.3. The molecule has 4 nitrogen and oxygen atoms in total. The molecule has 118 valence electrons. The summed E-state index contributed by atoms with van der Waals surface area (Å²) in [7, 11) is 3.55. The van der Waals surface area contributed by atoms with Gasteiger partial charge in [0.2, 0.25) is 0 Å². The van der Waals surface area contributed by atoms with E-state index in [0.29, 0.717) is 0 Å². The number of hydrogen-bond donors (Lipinski definition) is 1. The molecule has 1 fully saturated rings. The zero-order valence-electron chi connectivity index (χ0n) is 13.1. The number of rotatable bonds is 3. The van der Waals surface area contributed by atoms with Gasteiger partial charge < -0.3 is 15.0 Å². The molecule has 5 heteroatoms. The maximum Gasteiger partial charge on any atom is 0.193 e. The van der Waals surface area contributed by atoms with E-state index >= 15 is 0 Å². The molecule has 0 saturated carbocycles. The van der Waals surface area contributed by atoms with Crippen LogP contribution in [0.5, 0.6) is 5.75 Å². The molecule has 1 N–H and O–H groups in total. The molecule has 0 bridgehead atoms. The van der Waals surface area contributed by atoms with Crippen molar-refractivity contribution in [1.82, 2.24) is 10.2 Å². The Morgan fingerprint density at radius 1 is 1.38 bits per heavy atom. The van der Waals surface area contributed by atoms with Gasteiger partial charge in [-0.05, 0) is 36.5 Å². The predicted octanol–water partition coefficient (Wildman–Crippen LogP) is 3.12. The summed E-state index contributed by atoms with van der Waals surface area (Å²) in [5, 5.41) is 3.44. The minimum absolute atomic E-state index is 0. The number of piperidine rings is 1. The molecule has 0 aliphatic carbocycles. The van der Waals surface area contributed by atoms with Crippen LogP contribution in [0.15, 0.2) is 29.3 Å². The predicted molar refractivity (Wildman–Crippen MR) is 98.6 cm³/mol. The smallest absolute Gasteiger partial charge is 0.193 e. The van der Waals surface area contributed by atoms with Crippen LogP contribution in [0.3, 0.4) is 0 Å². The molecule has 0 atom stereocenters. The summed E-state index contributed by atoms with van der Waals surface area (Å²) in [6, 6.07) is 8.13. The molecule has 0 spiro atoms. The highest BCUT2D eigenvalue weighted by atomic mass is 127. The summed E-state index contributed by atoms with van der Waals surface area (Å²) in [6.45, 7) is 5.29. The Labute approximate surface area is 145 Å². The van der Waals surface area contributed by atoms with Crippen molar-refractivity contribution in [2.24, 2.45) is 10.9 Å². The standard InChI is InChI=1S/C16H25N3O.HI/c1-13-7-9-19(10-8-13)16(17-2)18-12-14-5-4-6-15(11-14)20-3;/h4-6,11,13H,7-10,12H2,1-3H3,(H,17,18);1H. The lowest BCUT2D eigenvalue weighted by Gasteiger charge is -2.32. The molecular formula is C16H26IN3O. The molecule has 0 amide bonds. The minimum atomic E-state index is 0. The summed E-state index contributed by atoms with van der Waals surface area (Å²) in [6.07, 6.45) is 2.50. The highest BCUT2D eigenvalue weighted by Gasteiger charge is 2.18. The number of hydrogen-bond acceptors (Lipinski definition) is 2. The Morgan fingerprint density at radius 2 is 2.10 bits per heavy atom. The molecule has 2 rings (SSSR count). The Morgan fingerprint density at radius 3 is 2.71 bits per heavy atom. The Bertz CT molecular complexity index is 457. The third-order valence-electron chi connectivity index (χ3n) is 3.88. The quantitative estimate of drug-likeness (QED) is 0.479. The van der Waals surface area contributed by atoms with Crippen molar-refractivity contribution in [3.05, 3.63) is 29.8 Å². The van der Waals surface area contributed by atoms with E-state index in [0.717, 1.165) is 37.3 Å². The van der Waals surface area contributed by atoms with E-state index < -0.39 is 0 Å². The number of likely N-dealkylation sites (tertiary alicyclic amines) is 1. The lowest BCUT2D eigenvalue weighted by molar-refractivity contribution is 0.273. The number of benzene rings is 1. The van der Waals surface area contributed by atoms with E-state index in [-0.39, 0.29) is 24.0 Å². The second-order valence-electron chi connectivity index (χ2n) is 5.42. The topological polar surface area (TPSA) is 36.9 Å². The van der Waals surface area contributed by atoms with Gasteiger partial charge >= 0.3 is 0 Å². The monoisotopic (exact) mass is 403 g/mol. The molecule has 1 saturated heterocycles. The van der Waals surface area contributed by atoms with Crippen molar-refractivity contribution in [3.63, 3.8) is 0 Å². The van der Waals surface area contributed by atoms with Gasteiger partial charge in [0, 0.05) is 26.7 Å². The first-order valence-corrected chi connectivity index (χ1v) is 7.31. The van der Waals surface area contributed by atoms with E-state index in [9.17, 15) is 0 Å². The fourth-order valence-electron chi connectivity index (χ4n) is 2.52. The fraction of sp³-hybridized carbons (Fsp3) is 0.562. The van der Waals surface area contributed by atoms with Crippen molar-refractivity contribution in [2.45, 2.75) is 26.3 Å². The van der Waals surface area contributed by atoms with Crippen molar-refractivity contribution >= 4 is 29.9 Å². The van der Waals surface area contributed by atoms with Gasteiger partial charge in [0.15, 0.2) is 5.96 Å². The zero-order valence-corrected chi connectivity index (χ0v) is 15.5. The molecule has 1 aromatic rings. The largest absolute Gasteiger partial charge is 0.497 e. The van der Waals surface area contributed by atoms with E-state index in [1.807, 2.05) is 19.2 Å². The molecular weight excluding hydrogens is 377 g/mol. The molecule has 1 aliphatic heterocycles. The van der Waals surface area contributed by atoms with Gasteiger partial charge in [-0.3, -0.25) is 4.99 Å². The van der Waals surface area contributed by atoms with Crippen LogP contribution in [0.4, 0.5) is 0 Å². The van der Waals surface area contributed by atoms with E-state index in [1.165, 1.54) is 18.4 Å². The summed E-state index contributed by atoms with van der Waals surface area (Å²) in [5.74, 6) is 2.73. The SMILES string of the molecule is CN=C(NCc1cccc(OC)c1)N1CCC(C)CC1.I. The van der Waals surface area contributed by atoms with Gasteiger partial charge in [-0.2, -0.15) is 0 Å². The van der Waals surface area contributed by atoms with Gasteiger partial charge in [-0.15, -0.1) is 24.0 Å². The number of aliphatic imine (C=N–C) groups is 1. The zero-order chi connectivity index (χ0) is 14.4. The number of halogens is 1. The minimum Gasteiger partial charge on any atom is -0.497 e. The van der Waals surface area contributed by atoms with Crippen molar-refractivity contribution in [1.29, 1.82) is 0 Å². The van der Waals surface area contributed by atoms with Gasteiger partial charge in [0.1, 0.15) is 5.75 Å². The Hall–Kier alpha value is -0.980. The fourth-order valence-corrected chi connectivity index (χ4v) is 2.52. The summed E-state index contributed by atoms with van der Waals surface area (Å²) in [4.78, 5) is 6.74. The molecule has 1 aromatic carbocycles. The van der Waals surface area contributed by atoms with Crippen molar-refractivity contribution < 1.29 is 4.74 Å². The van der Waals surface area contributed by atoms with Gasteiger partial charge in [0.05, 0.1) is 7.11 Å². The van der Waals surface area contributed by atoms with Gasteiger partial charge in [0.25, 0.3) is 0 Å². The molecule has 1 aliphatic rings. The lowest BCUT2D eigenvalue weighted by Crippen LogP contribution is -2.45. The number of nitrogens with zero attached hydrogens (tertiary/aromatic N) is 2. The van der Waals surface area contributed by atoms with Crippen LogP contribution >= 0.6 is 24.0 Å². The molecule has 1 heterocycles. The van der Waals surface area contributed by atoms with Crippen LogP contribution in [-0.2, 0) is 6.54 Å². The third-order valence-corrected chi connectivity index (χ3v) is 3.88. The first kappa shape index (κ1) is 18.1. The van der Waals surface area contributed by atoms with Crippen LogP contribution in [-0.4, -0.2) is 38.1 Å². The first-order valence-electron chi connectivity index (χ1n) is 7.31. The van der Waals surface area contributed by atoms with Crippen molar-refractivity contribution in [3.8, 4) is 5.75 Å². The first-order chi connectivity index (χ1) is 9.72. The third kappa shape index (κ3) is 5.37. The summed E-state index contributed by atoms with van der Waals surface area (Å²) in [5.41, 5.74) is 1.20. The van der Waals surface area contributed by atoms with Gasteiger partial charge in [-0.1, -0.05) is 19.1 Å². The molecule has 21 heavy (non-hydrogen) atoms. The van der Waals surface area contributed by atoms with Crippen LogP contribution in [0.2, 0.25) is 0 Å². The van der Waals surface area contributed by atoms with Crippen LogP contribution in [0.25, 0.3) is 0 Å². The second-order valence-corrected chi connectivity index (χ2v) is 5.42. The van der Waals surface area contributed by atoms with Crippen LogP contribution in [0.1, 0.15) is 25.3 Å². The number of methoxy groups -OCH3 is 1. The maximum atomic E-state index is 5.25. The molecule has 0 unspecified atom stereocenters. The van der Waals surface area contributed by atoms with E-state index in [4.69, 9.17) is 4.74 Å². The number of nitrogens with one attached hydrogen (secondary N) is 1. The molecule has 0 aromatic heterocycles. The average Bonchev–Trinajstić information content (AvgIpc) is 2.50. The van der Waals surface area contributed by atoms with E-state index in [1.54, 1.807) is 7.11 Å². The van der Waals surface area contributed by atoms with E-state index in [2.05, 4.69) is 34.3 Å².